The zero-order chi connectivity index (χ0) is 25.5. The van der Waals surface area contributed by atoms with Crippen molar-refractivity contribution in [1.82, 2.24) is 19.4 Å². The molecule has 0 aliphatic carbocycles. The molecule has 5 nitrogen and oxygen atoms in total. The molecule has 184 valence electrons. The molecule has 0 saturated carbocycles. The van der Waals surface area contributed by atoms with Crippen molar-refractivity contribution in [3.05, 3.63) is 132 Å². The maximum atomic E-state index is 13.6. The number of hydrogen-bond donors (Lipinski definition) is 0. The minimum absolute atomic E-state index is 0.103. The Bertz CT molecular complexity index is 1810. The Kier molecular flexibility index (Phi) is 5.47. The number of carbonyl (C=O) groups excluding carboxylic acids is 1. The van der Waals surface area contributed by atoms with Crippen molar-refractivity contribution >= 4 is 27.7 Å². The predicted molar refractivity (Wildman–Crippen MR) is 151 cm³/mol. The zero-order valence-electron chi connectivity index (χ0n) is 20.9. The van der Waals surface area contributed by atoms with Crippen LogP contribution >= 0.6 is 0 Å². The number of carbonyl (C=O) groups is 1. The largest absolute Gasteiger partial charge is 0.343 e. The van der Waals surface area contributed by atoms with E-state index in [2.05, 4.69) is 76.4 Å². The van der Waals surface area contributed by atoms with Gasteiger partial charge in [0.05, 0.1) is 11.1 Å². The van der Waals surface area contributed by atoms with Gasteiger partial charge < -0.3 is 9.47 Å². The molecule has 0 N–H and O–H groups in total. The smallest absolute Gasteiger partial charge is 0.255 e. The molecule has 0 atom stereocenters. The summed E-state index contributed by atoms with van der Waals surface area (Å²) in [6.07, 6.45) is 6.51. The van der Waals surface area contributed by atoms with Crippen molar-refractivity contribution in [1.29, 1.82) is 0 Å². The molecular weight excluding hydrogens is 468 g/mol. The van der Waals surface area contributed by atoms with Crippen molar-refractivity contribution in [2.45, 2.75) is 19.5 Å². The van der Waals surface area contributed by atoms with Gasteiger partial charge >= 0.3 is 0 Å². The van der Waals surface area contributed by atoms with Crippen molar-refractivity contribution < 1.29 is 4.79 Å². The summed E-state index contributed by atoms with van der Waals surface area (Å²) in [6, 6.07) is 31.2. The second-order valence-electron chi connectivity index (χ2n) is 9.88. The molecule has 1 aliphatic rings. The lowest BCUT2D eigenvalue weighted by Crippen LogP contribution is -2.26. The van der Waals surface area contributed by atoms with Crippen LogP contribution in [0, 0.1) is 0 Å². The summed E-state index contributed by atoms with van der Waals surface area (Å²) in [5.41, 5.74) is 8.39. The van der Waals surface area contributed by atoms with E-state index < -0.39 is 0 Å². The van der Waals surface area contributed by atoms with E-state index >= 15 is 0 Å². The van der Waals surface area contributed by atoms with Crippen LogP contribution in [0.15, 0.2) is 110 Å². The third-order valence-corrected chi connectivity index (χ3v) is 7.49. The van der Waals surface area contributed by atoms with Crippen LogP contribution in [0.4, 0.5) is 0 Å². The van der Waals surface area contributed by atoms with Crippen LogP contribution in [0.2, 0.25) is 0 Å². The lowest BCUT2D eigenvalue weighted by Gasteiger charge is -2.15. The third kappa shape index (κ3) is 4.02. The first-order valence-corrected chi connectivity index (χ1v) is 13.0. The van der Waals surface area contributed by atoms with Crippen LogP contribution in [0.3, 0.4) is 0 Å². The molecule has 0 saturated heterocycles. The van der Waals surface area contributed by atoms with Gasteiger partial charge in [0.1, 0.15) is 0 Å². The topological polar surface area (TPSA) is 51.0 Å². The fourth-order valence-corrected chi connectivity index (χ4v) is 5.53. The van der Waals surface area contributed by atoms with Crippen molar-refractivity contribution in [2.75, 3.05) is 6.54 Å². The molecule has 38 heavy (non-hydrogen) atoms. The zero-order valence-corrected chi connectivity index (χ0v) is 20.9. The van der Waals surface area contributed by atoms with Crippen molar-refractivity contribution in [3.8, 4) is 11.1 Å². The van der Waals surface area contributed by atoms with Crippen LogP contribution in [0.25, 0.3) is 32.9 Å². The van der Waals surface area contributed by atoms with Crippen LogP contribution in [-0.2, 0) is 19.5 Å². The first-order chi connectivity index (χ1) is 18.7. The second kappa shape index (κ2) is 9.27. The highest BCUT2D eigenvalue weighted by atomic mass is 16.2. The van der Waals surface area contributed by atoms with E-state index in [1.54, 1.807) is 0 Å². The van der Waals surface area contributed by atoms with Gasteiger partial charge in [-0.1, -0.05) is 48.5 Å². The lowest BCUT2D eigenvalue weighted by atomic mass is 9.96. The number of rotatable bonds is 6. The fourth-order valence-electron chi connectivity index (χ4n) is 5.53. The Hall–Kier alpha value is -4.77. The minimum atomic E-state index is 0.103. The highest BCUT2D eigenvalue weighted by Gasteiger charge is 2.30. The Morgan fingerprint density at radius 1 is 0.816 bits per heavy atom. The Balaban J connectivity index is 1.13. The van der Waals surface area contributed by atoms with Gasteiger partial charge in [0, 0.05) is 66.6 Å². The summed E-state index contributed by atoms with van der Waals surface area (Å²) in [6.45, 7) is 2.08. The highest BCUT2D eigenvalue weighted by Crippen LogP contribution is 2.34. The molecule has 6 aromatic rings. The first kappa shape index (κ1) is 22.4. The van der Waals surface area contributed by atoms with Gasteiger partial charge in [-0.15, -0.1) is 0 Å². The van der Waals surface area contributed by atoms with E-state index in [9.17, 15) is 4.79 Å². The molecule has 0 unspecified atom stereocenters. The normalized spacial score (nSPS) is 12.9. The molecule has 0 bridgehead atoms. The van der Waals surface area contributed by atoms with E-state index in [1.807, 2.05) is 47.6 Å². The third-order valence-electron chi connectivity index (χ3n) is 7.49. The highest BCUT2D eigenvalue weighted by molar-refractivity contribution is 6.05. The number of nitrogens with zero attached hydrogens (tertiary/aromatic N) is 4. The van der Waals surface area contributed by atoms with Gasteiger partial charge in [-0.2, -0.15) is 0 Å². The number of aromatic nitrogens is 3. The summed E-state index contributed by atoms with van der Waals surface area (Å²) < 4.78 is 2.25. The number of fused-ring (bicyclic) bond motifs is 3. The maximum absolute atomic E-state index is 13.6. The van der Waals surface area contributed by atoms with Gasteiger partial charge in [-0.05, 0) is 64.7 Å². The van der Waals surface area contributed by atoms with Gasteiger partial charge in [0.15, 0.2) is 0 Å². The van der Waals surface area contributed by atoms with Gasteiger partial charge in [0.25, 0.3) is 5.91 Å². The SMILES string of the molecule is O=C1c2c(cccc2-c2ccc3c(ccn3Cc3ccncc3)c2)CN1CCc1ccc2ccccc2n1. The molecular formula is C33H26N4O. The first-order valence-electron chi connectivity index (χ1n) is 13.0. The molecule has 4 heterocycles. The molecule has 3 aromatic carbocycles. The van der Waals surface area contributed by atoms with E-state index in [-0.39, 0.29) is 5.91 Å². The van der Waals surface area contributed by atoms with E-state index in [0.29, 0.717) is 13.1 Å². The Morgan fingerprint density at radius 3 is 2.63 bits per heavy atom. The molecule has 0 fully saturated rings. The standard InChI is InChI=1S/C33H26N4O/c38-33-32-27(22-37(33)19-15-28-10-8-24-4-1-2-7-30(24)35-28)5-3-6-29(32)25-9-11-31-26(20-25)14-18-36(31)21-23-12-16-34-17-13-23/h1-14,16-18,20H,15,19,21-22H2. The molecule has 3 aromatic heterocycles. The van der Waals surface area contributed by atoms with E-state index in [4.69, 9.17) is 4.98 Å². The van der Waals surface area contributed by atoms with Crippen LogP contribution in [-0.4, -0.2) is 31.9 Å². The molecule has 5 heteroatoms. The van der Waals surface area contributed by atoms with Gasteiger partial charge in [-0.3, -0.25) is 14.8 Å². The minimum Gasteiger partial charge on any atom is -0.343 e. The van der Waals surface area contributed by atoms with Gasteiger partial charge in [-0.25, -0.2) is 0 Å². The Morgan fingerprint density at radius 2 is 1.71 bits per heavy atom. The summed E-state index contributed by atoms with van der Waals surface area (Å²) >= 11 is 0. The molecule has 0 spiro atoms. The summed E-state index contributed by atoms with van der Waals surface area (Å²) in [4.78, 5) is 24.5. The number of pyridine rings is 2. The van der Waals surface area contributed by atoms with Crippen LogP contribution in [0.1, 0.15) is 27.2 Å². The average molecular weight is 495 g/mol. The summed E-state index contributed by atoms with van der Waals surface area (Å²) in [5.74, 6) is 0.103. The summed E-state index contributed by atoms with van der Waals surface area (Å²) in [7, 11) is 0. The summed E-state index contributed by atoms with van der Waals surface area (Å²) in [5, 5.41) is 2.30. The van der Waals surface area contributed by atoms with Crippen LogP contribution in [0.5, 0.6) is 0 Å². The van der Waals surface area contributed by atoms with E-state index in [1.165, 1.54) is 16.5 Å². The number of benzene rings is 3. The van der Waals surface area contributed by atoms with Crippen LogP contribution < -0.4 is 0 Å². The van der Waals surface area contributed by atoms with Gasteiger partial charge in [0.2, 0.25) is 0 Å². The molecule has 1 aliphatic heterocycles. The number of para-hydroxylation sites is 1. The monoisotopic (exact) mass is 494 g/mol. The van der Waals surface area contributed by atoms with E-state index in [0.717, 1.165) is 51.8 Å². The number of hydrogen-bond acceptors (Lipinski definition) is 3. The Labute approximate surface area is 221 Å². The fraction of sp³-hybridized carbons (Fsp3) is 0.121. The predicted octanol–water partition coefficient (Wildman–Crippen LogP) is 6.50. The quantitative estimate of drug-likeness (QED) is 0.266. The average Bonchev–Trinajstić information content (AvgIpc) is 3.52. The van der Waals surface area contributed by atoms with Crippen molar-refractivity contribution in [3.63, 3.8) is 0 Å². The molecule has 1 amide bonds. The second-order valence-corrected chi connectivity index (χ2v) is 9.88. The van der Waals surface area contributed by atoms with Crippen molar-refractivity contribution in [2.24, 2.45) is 0 Å². The lowest BCUT2D eigenvalue weighted by molar-refractivity contribution is 0.0780. The molecule has 7 rings (SSSR count). The maximum Gasteiger partial charge on any atom is 0.255 e. The number of amides is 1. The molecule has 0 radical (unpaired) electrons.